The van der Waals surface area contributed by atoms with Gasteiger partial charge in [-0.15, -0.1) is 0 Å². The quantitative estimate of drug-likeness (QED) is 0.605. The van der Waals surface area contributed by atoms with Gasteiger partial charge < -0.3 is 20.9 Å². The van der Waals surface area contributed by atoms with Gasteiger partial charge >= 0.3 is 12.2 Å². The van der Waals surface area contributed by atoms with Crippen molar-refractivity contribution in [2.75, 3.05) is 13.2 Å². The van der Waals surface area contributed by atoms with Crippen LogP contribution in [0.25, 0.3) is 0 Å². The summed E-state index contributed by atoms with van der Waals surface area (Å²) in [7, 11) is 0. The molecule has 4 N–H and O–H groups in total. The molecule has 17 heavy (non-hydrogen) atoms. The highest BCUT2D eigenvalue weighted by atomic mass is 16.5. The molecule has 0 spiro atoms. The van der Waals surface area contributed by atoms with Crippen LogP contribution in [0.15, 0.2) is 0 Å². The lowest BCUT2D eigenvalue weighted by Gasteiger charge is -2.10. The first-order valence-corrected chi connectivity index (χ1v) is 5.87. The van der Waals surface area contributed by atoms with Gasteiger partial charge in [-0.2, -0.15) is 0 Å². The van der Waals surface area contributed by atoms with Gasteiger partial charge in [0, 0.05) is 0 Å². The number of ether oxygens (including phenoxy) is 2. The van der Waals surface area contributed by atoms with E-state index in [1.165, 1.54) is 0 Å². The standard InChI is InChI=1S/C11H22N2O4/c1-9(8-17-11(13)15)6-4-2-3-5-7-16-10(12)14/h9H,2-8H2,1H3,(H2,12,14)(H2,13,15). The summed E-state index contributed by atoms with van der Waals surface area (Å²) in [5.74, 6) is 0.323. The van der Waals surface area contributed by atoms with Crippen molar-refractivity contribution in [3.05, 3.63) is 0 Å². The monoisotopic (exact) mass is 246 g/mol. The lowest BCUT2D eigenvalue weighted by atomic mass is 10.0. The minimum atomic E-state index is -0.722. The van der Waals surface area contributed by atoms with Crippen LogP contribution in [-0.2, 0) is 9.47 Å². The van der Waals surface area contributed by atoms with E-state index in [2.05, 4.69) is 4.74 Å². The number of rotatable bonds is 9. The molecule has 0 aromatic heterocycles. The van der Waals surface area contributed by atoms with Gasteiger partial charge in [0.2, 0.25) is 0 Å². The van der Waals surface area contributed by atoms with Crippen LogP contribution < -0.4 is 11.5 Å². The van der Waals surface area contributed by atoms with Crippen LogP contribution in [0.3, 0.4) is 0 Å². The predicted molar refractivity (Wildman–Crippen MR) is 63.3 cm³/mol. The number of unbranched alkanes of at least 4 members (excludes halogenated alkanes) is 3. The zero-order chi connectivity index (χ0) is 13.1. The molecule has 0 aliphatic carbocycles. The van der Waals surface area contributed by atoms with Crippen LogP contribution in [0.5, 0.6) is 0 Å². The molecule has 0 heterocycles. The zero-order valence-electron chi connectivity index (χ0n) is 10.3. The Morgan fingerprint density at radius 2 is 1.59 bits per heavy atom. The van der Waals surface area contributed by atoms with Crippen molar-refractivity contribution < 1.29 is 19.1 Å². The van der Waals surface area contributed by atoms with Gasteiger partial charge in [0.1, 0.15) is 0 Å². The van der Waals surface area contributed by atoms with Crippen LogP contribution in [0.4, 0.5) is 9.59 Å². The van der Waals surface area contributed by atoms with E-state index in [9.17, 15) is 9.59 Å². The summed E-state index contributed by atoms with van der Waals surface area (Å²) in [5, 5.41) is 0. The Balaban J connectivity index is 3.21. The maximum Gasteiger partial charge on any atom is 0.404 e. The Bertz CT molecular complexity index is 234. The van der Waals surface area contributed by atoms with Crippen LogP contribution >= 0.6 is 0 Å². The number of amides is 2. The number of hydrogen-bond acceptors (Lipinski definition) is 4. The van der Waals surface area contributed by atoms with E-state index in [0.29, 0.717) is 19.1 Å². The van der Waals surface area contributed by atoms with Gasteiger partial charge in [-0.05, 0) is 18.8 Å². The molecule has 0 aliphatic heterocycles. The maximum atomic E-state index is 10.4. The highest BCUT2D eigenvalue weighted by Gasteiger charge is 2.04. The van der Waals surface area contributed by atoms with Crippen LogP contribution in [-0.4, -0.2) is 25.4 Å². The second-order valence-electron chi connectivity index (χ2n) is 4.11. The van der Waals surface area contributed by atoms with Gasteiger partial charge in [0.25, 0.3) is 0 Å². The lowest BCUT2D eigenvalue weighted by molar-refractivity contribution is 0.136. The van der Waals surface area contributed by atoms with Crippen molar-refractivity contribution in [3.63, 3.8) is 0 Å². The van der Waals surface area contributed by atoms with Gasteiger partial charge in [0.05, 0.1) is 13.2 Å². The van der Waals surface area contributed by atoms with Gasteiger partial charge in [-0.3, -0.25) is 0 Å². The molecule has 1 unspecified atom stereocenters. The molecule has 0 saturated carbocycles. The highest BCUT2D eigenvalue weighted by molar-refractivity contribution is 5.64. The summed E-state index contributed by atoms with van der Waals surface area (Å²) in [4.78, 5) is 20.6. The van der Waals surface area contributed by atoms with E-state index in [0.717, 1.165) is 32.1 Å². The molecule has 100 valence electrons. The Kier molecular flexibility index (Phi) is 8.91. The number of carbonyl (C=O) groups is 2. The molecule has 6 nitrogen and oxygen atoms in total. The second kappa shape index (κ2) is 9.74. The number of primary amides is 2. The van der Waals surface area contributed by atoms with Crippen molar-refractivity contribution in [1.29, 1.82) is 0 Å². The van der Waals surface area contributed by atoms with Crippen molar-refractivity contribution in [1.82, 2.24) is 0 Å². The largest absolute Gasteiger partial charge is 0.450 e. The molecule has 0 bridgehead atoms. The van der Waals surface area contributed by atoms with E-state index in [-0.39, 0.29) is 0 Å². The van der Waals surface area contributed by atoms with Crippen molar-refractivity contribution in [2.24, 2.45) is 17.4 Å². The topological polar surface area (TPSA) is 105 Å². The summed E-state index contributed by atoms with van der Waals surface area (Å²) >= 11 is 0. The van der Waals surface area contributed by atoms with Gasteiger partial charge in [-0.1, -0.05) is 26.2 Å². The fourth-order valence-electron chi connectivity index (χ4n) is 1.43. The summed E-state index contributed by atoms with van der Waals surface area (Å²) in [6, 6.07) is 0. The first-order valence-electron chi connectivity index (χ1n) is 5.87. The Labute approximate surface area is 102 Å². The third-order valence-corrected chi connectivity index (χ3v) is 2.35. The number of carbonyl (C=O) groups excluding carboxylic acids is 2. The fourth-order valence-corrected chi connectivity index (χ4v) is 1.43. The summed E-state index contributed by atoms with van der Waals surface area (Å²) in [6.45, 7) is 2.77. The second-order valence-corrected chi connectivity index (χ2v) is 4.11. The average molecular weight is 246 g/mol. The van der Waals surface area contributed by atoms with Gasteiger partial charge in [0.15, 0.2) is 0 Å². The molecule has 2 amide bonds. The van der Waals surface area contributed by atoms with E-state index in [1.54, 1.807) is 0 Å². The van der Waals surface area contributed by atoms with E-state index >= 15 is 0 Å². The summed E-state index contributed by atoms with van der Waals surface area (Å²) < 4.78 is 9.29. The lowest BCUT2D eigenvalue weighted by Crippen LogP contribution is -2.17. The molecule has 0 fully saturated rings. The van der Waals surface area contributed by atoms with Gasteiger partial charge in [-0.25, -0.2) is 9.59 Å². The molecule has 0 saturated heterocycles. The highest BCUT2D eigenvalue weighted by Crippen LogP contribution is 2.10. The molecule has 6 heteroatoms. The third-order valence-electron chi connectivity index (χ3n) is 2.35. The molecule has 0 radical (unpaired) electrons. The average Bonchev–Trinajstić information content (AvgIpc) is 2.24. The van der Waals surface area contributed by atoms with E-state index < -0.39 is 12.2 Å². The number of nitrogens with two attached hydrogens (primary N) is 2. The minimum Gasteiger partial charge on any atom is -0.450 e. The third kappa shape index (κ3) is 12.5. The zero-order valence-corrected chi connectivity index (χ0v) is 10.3. The molecule has 0 aromatic rings. The van der Waals surface area contributed by atoms with E-state index in [1.807, 2.05) is 6.92 Å². The molecule has 0 aromatic carbocycles. The van der Waals surface area contributed by atoms with Crippen LogP contribution in [0.2, 0.25) is 0 Å². The van der Waals surface area contributed by atoms with E-state index in [4.69, 9.17) is 16.2 Å². The normalized spacial score (nSPS) is 11.8. The summed E-state index contributed by atoms with van der Waals surface area (Å²) in [6.07, 6.45) is 3.49. The molecular weight excluding hydrogens is 224 g/mol. The molecule has 0 aliphatic rings. The molecule has 1 atom stereocenters. The Hall–Kier alpha value is -1.46. The predicted octanol–water partition coefficient (Wildman–Crippen LogP) is 1.76. The van der Waals surface area contributed by atoms with Crippen molar-refractivity contribution in [2.45, 2.75) is 39.0 Å². The first kappa shape index (κ1) is 15.5. The smallest absolute Gasteiger partial charge is 0.404 e. The number of hydrogen-bond donors (Lipinski definition) is 2. The van der Waals surface area contributed by atoms with Crippen LogP contribution in [0, 0.1) is 5.92 Å². The molecular formula is C11H22N2O4. The van der Waals surface area contributed by atoms with Crippen molar-refractivity contribution >= 4 is 12.2 Å². The Morgan fingerprint density at radius 1 is 1.00 bits per heavy atom. The first-order chi connectivity index (χ1) is 8.02. The minimum absolute atomic E-state index is 0.323. The SMILES string of the molecule is CC(CCCCCCOC(N)=O)COC(N)=O. The summed E-state index contributed by atoms with van der Waals surface area (Å²) in [5.41, 5.74) is 9.68. The molecule has 0 rings (SSSR count). The maximum absolute atomic E-state index is 10.4. The Morgan fingerprint density at radius 3 is 2.18 bits per heavy atom. The van der Waals surface area contributed by atoms with Crippen LogP contribution in [0.1, 0.15) is 39.0 Å². The van der Waals surface area contributed by atoms with Crippen molar-refractivity contribution in [3.8, 4) is 0 Å². The fraction of sp³-hybridized carbons (Fsp3) is 0.818.